The Hall–Kier alpha value is -2.67. The Kier molecular flexibility index (Phi) is 5.68. The van der Waals surface area contributed by atoms with Gasteiger partial charge in [0.15, 0.2) is 5.82 Å². The van der Waals surface area contributed by atoms with Gasteiger partial charge in [-0.2, -0.15) is 0 Å². The van der Waals surface area contributed by atoms with Crippen LogP contribution >= 0.6 is 0 Å². The zero-order valence-electron chi connectivity index (χ0n) is 15.1. The van der Waals surface area contributed by atoms with Crippen molar-refractivity contribution in [2.75, 3.05) is 32.0 Å². The lowest BCUT2D eigenvalue weighted by atomic mass is 10.0. The quantitative estimate of drug-likeness (QED) is 0.859. The molecule has 26 heavy (non-hydrogen) atoms. The van der Waals surface area contributed by atoms with E-state index in [4.69, 9.17) is 4.52 Å². The first kappa shape index (κ1) is 18.1. The summed E-state index contributed by atoms with van der Waals surface area (Å²) in [6.07, 6.45) is 2.09. The average Bonchev–Trinajstić information content (AvgIpc) is 3.28. The van der Waals surface area contributed by atoms with Gasteiger partial charge in [0.2, 0.25) is 11.8 Å². The fourth-order valence-corrected chi connectivity index (χ4v) is 3.23. The van der Waals surface area contributed by atoms with Gasteiger partial charge >= 0.3 is 0 Å². The smallest absolute Gasteiger partial charge is 0.247 e. The highest BCUT2D eigenvalue weighted by Gasteiger charge is 2.29. The summed E-state index contributed by atoms with van der Waals surface area (Å²) >= 11 is 0. The molecule has 1 saturated heterocycles. The molecule has 7 heteroatoms. The van der Waals surface area contributed by atoms with Crippen LogP contribution in [0.4, 0.5) is 5.82 Å². The zero-order chi connectivity index (χ0) is 18.5. The van der Waals surface area contributed by atoms with E-state index in [2.05, 4.69) is 10.5 Å². The van der Waals surface area contributed by atoms with E-state index in [1.807, 2.05) is 35.2 Å². The van der Waals surface area contributed by atoms with Gasteiger partial charge in [-0.1, -0.05) is 35.5 Å². The van der Waals surface area contributed by atoms with E-state index in [-0.39, 0.29) is 18.4 Å². The van der Waals surface area contributed by atoms with Gasteiger partial charge in [0.1, 0.15) is 11.8 Å². The lowest BCUT2D eigenvalue weighted by Gasteiger charge is -2.28. The summed E-state index contributed by atoms with van der Waals surface area (Å²) in [6.45, 7) is 3.54. The minimum Gasteiger partial charge on any atom is -0.360 e. The monoisotopic (exact) mass is 356 g/mol. The molecule has 138 valence electrons. The number of carbonyl (C=O) groups is 2. The van der Waals surface area contributed by atoms with Crippen LogP contribution in [0.2, 0.25) is 0 Å². The van der Waals surface area contributed by atoms with Gasteiger partial charge in [0.25, 0.3) is 0 Å². The van der Waals surface area contributed by atoms with Crippen LogP contribution in [0.3, 0.4) is 0 Å². The summed E-state index contributed by atoms with van der Waals surface area (Å²) < 4.78 is 5.00. The van der Waals surface area contributed by atoms with Crippen LogP contribution in [0.15, 0.2) is 40.9 Å². The van der Waals surface area contributed by atoms with Crippen LogP contribution in [0.25, 0.3) is 0 Å². The summed E-state index contributed by atoms with van der Waals surface area (Å²) in [5.74, 6) is 0.791. The Morgan fingerprint density at radius 2 is 1.96 bits per heavy atom. The van der Waals surface area contributed by atoms with E-state index >= 15 is 0 Å². The molecule has 1 aliphatic heterocycles. The van der Waals surface area contributed by atoms with Crippen molar-refractivity contribution in [3.63, 3.8) is 0 Å². The van der Waals surface area contributed by atoms with Crippen molar-refractivity contribution in [1.82, 2.24) is 15.0 Å². The summed E-state index contributed by atoms with van der Waals surface area (Å²) in [5.41, 5.74) is 0.821. The van der Waals surface area contributed by atoms with E-state index in [0.717, 1.165) is 31.5 Å². The van der Waals surface area contributed by atoms with E-state index in [1.54, 1.807) is 24.9 Å². The molecule has 1 aliphatic rings. The van der Waals surface area contributed by atoms with Gasteiger partial charge < -0.3 is 14.7 Å². The Labute approximate surface area is 152 Å². The minimum atomic E-state index is -0.597. The molecule has 1 aromatic heterocycles. The van der Waals surface area contributed by atoms with Crippen molar-refractivity contribution < 1.29 is 14.1 Å². The number of nitrogens with zero attached hydrogens (tertiary/aromatic N) is 3. The molecule has 0 radical (unpaired) electrons. The summed E-state index contributed by atoms with van der Waals surface area (Å²) in [6, 6.07) is 10.5. The number of amides is 2. The first-order chi connectivity index (χ1) is 12.5. The number of aromatic nitrogens is 1. The third-order valence-electron chi connectivity index (χ3n) is 4.53. The number of benzene rings is 1. The lowest BCUT2D eigenvalue weighted by molar-refractivity contribution is -0.132. The molecule has 0 bridgehead atoms. The van der Waals surface area contributed by atoms with Gasteiger partial charge in [-0.05, 0) is 32.4 Å². The molecule has 3 rings (SSSR count). The second-order valence-electron chi connectivity index (χ2n) is 6.63. The van der Waals surface area contributed by atoms with E-state index in [0.29, 0.717) is 11.6 Å². The number of carbonyl (C=O) groups excluding carboxylic acids is 2. The van der Waals surface area contributed by atoms with E-state index in [9.17, 15) is 9.59 Å². The molecule has 2 heterocycles. The number of nitrogens with one attached hydrogen (secondary N) is 1. The largest absolute Gasteiger partial charge is 0.360 e. The second-order valence-corrected chi connectivity index (χ2v) is 6.63. The molecular formula is C19H24N4O3. The third-order valence-corrected chi connectivity index (χ3v) is 4.53. The molecule has 1 unspecified atom stereocenters. The maximum absolute atomic E-state index is 12.9. The van der Waals surface area contributed by atoms with E-state index < -0.39 is 6.04 Å². The van der Waals surface area contributed by atoms with Crippen molar-refractivity contribution in [3.05, 3.63) is 47.7 Å². The average molecular weight is 356 g/mol. The number of hydrogen-bond acceptors (Lipinski definition) is 5. The fourth-order valence-electron chi connectivity index (χ4n) is 3.23. The number of anilines is 1. The Bertz CT molecular complexity index is 753. The zero-order valence-corrected chi connectivity index (χ0v) is 15.1. The highest BCUT2D eigenvalue weighted by atomic mass is 16.5. The normalized spacial score (nSPS) is 15.3. The van der Waals surface area contributed by atoms with Gasteiger partial charge in [-0.15, -0.1) is 0 Å². The molecule has 2 amide bonds. The predicted octanol–water partition coefficient (Wildman–Crippen LogP) is 2.22. The first-order valence-corrected chi connectivity index (χ1v) is 8.82. The van der Waals surface area contributed by atoms with Gasteiger partial charge in [0, 0.05) is 19.2 Å². The first-order valence-electron chi connectivity index (χ1n) is 8.82. The second kappa shape index (κ2) is 8.14. The topological polar surface area (TPSA) is 78.7 Å². The van der Waals surface area contributed by atoms with Crippen molar-refractivity contribution in [2.24, 2.45) is 0 Å². The molecule has 1 N–H and O–H groups in total. The number of likely N-dealkylation sites (N-methyl/N-ethyl adjacent to an activating group) is 1. The van der Waals surface area contributed by atoms with Gasteiger partial charge in [-0.3, -0.25) is 14.5 Å². The van der Waals surface area contributed by atoms with Crippen LogP contribution < -0.4 is 5.32 Å². The van der Waals surface area contributed by atoms with Crippen LogP contribution in [0.1, 0.15) is 30.2 Å². The Balaban J connectivity index is 1.76. The highest BCUT2D eigenvalue weighted by molar-refractivity contribution is 5.95. The minimum absolute atomic E-state index is 0.0519. The number of likely N-dealkylation sites (tertiary alicyclic amines) is 1. The fraction of sp³-hybridized carbons (Fsp3) is 0.421. The standard InChI is InChI=1S/C19H24N4O3/c1-14-12-16(21-26-14)20-19(25)18(15-8-4-3-5-9-15)22(2)13-17(24)23-10-6-7-11-23/h3-5,8-9,12,18H,6-7,10-11,13H2,1-2H3,(H,20,21,25). The van der Waals surface area contributed by atoms with Crippen LogP contribution in [0.5, 0.6) is 0 Å². The molecule has 1 fully saturated rings. The van der Waals surface area contributed by atoms with Crippen molar-refractivity contribution in [2.45, 2.75) is 25.8 Å². The molecular weight excluding hydrogens is 332 g/mol. The van der Waals surface area contributed by atoms with Crippen molar-refractivity contribution in [1.29, 1.82) is 0 Å². The predicted molar refractivity (Wildman–Crippen MR) is 97.5 cm³/mol. The molecule has 2 aromatic rings. The lowest BCUT2D eigenvalue weighted by Crippen LogP contribution is -2.42. The summed E-state index contributed by atoms with van der Waals surface area (Å²) in [5, 5.41) is 6.59. The van der Waals surface area contributed by atoms with Crippen LogP contribution in [-0.2, 0) is 9.59 Å². The van der Waals surface area contributed by atoms with Crippen molar-refractivity contribution in [3.8, 4) is 0 Å². The van der Waals surface area contributed by atoms with Gasteiger partial charge in [0.05, 0.1) is 6.54 Å². The summed E-state index contributed by atoms with van der Waals surface area (Å²) in [7, 11) is 1.79. The Morgan fingerprint density at radius 1 is 1.27 bits per heavy atom. The molecule has 1 atom stereocenters. The molecule has 0 aliphatic carbocycles. The molecule has 1 aromatic carbocycles. The van der Waals surface area contributed by atoms with Gasteiger partial charge in [-0.25, -0.2) is 0 Å². The van der Waals surface area contributed by atoms with Crippen LogP contribution in [-0.4, -0.2) is 53.5 Å². The highest BCUT2D eigenvalue weighted by Crippen LogP contribution is 2.22. The third kappa shape index (κ3) is 4.29. The SMILES string of the molecule is Cc1cc(NC(=O)C(c2ccccc2)N(C)CC(=O)N2CCCC2)no1. The Morgan fingerprint density at radius 3 is 2.58 bits per heavy atom. The maximum atomic E-state index is 12.9. The van der Waals surface area contributed by atoms with E-state index in [1.165, 1.54) is 0 Å². The summed E-state index contributed by atoms with van der Waals surface area (Å²) in [4.78, 5) is 29.0. The number of aryl methyl sites for hydroxylation is 1. The number of hydrogen-bond donors (Lipinski definition) is 1. The molecule has 0 spiro atoms. The maximum Gasteiger partial charge on any atom is 0.247 e. The van der Waals surface area contributed by atoms with Crippen molar-refractivity contribution >= 4 is 17.6 Å². The molecule has 7 nitrogen and oxygen atoms in total. The van der Waals surface area contributed by atoms with Crippen LogP contribution in [0, 0.1) is 6.92 Å². The number of rotatable bonds is 6. The molecule has 0 saturated carbocycles.